The zero-order valence-electron chi connectivity index (χ0n) is 16.6. The van der Waals surface area contributed by atoms with Crippen LogP contribution in [-0.4, -0.2) is 32.6 Å². The molecule has 2 heterocycles. The molecule has 0 spiro atoms. The van der Waals surface area contributed by atoms with Crippen LogP contribution in [0, 0.1) is 6.92 Å². The lowest BCUT2D eigenvalue weighted by Gasteiger charge is -2.29. The Balaban J connectivity index is 1.36. The highest BCUT2D eigenvalue weighted by Crippen LogP contribution is 2.25. The quantitative estimate of drug-likeness (QED) is 0.738. The molecule has 1 fully saturated rings. The normalized spacial score (nSPS) is 19.1. The summed E-state index contributed by atoms with van der Waals surface area (Å²) in [5.41, 5.74) is 1.82. The maximum atomic E-state index is 12.7. The molecule has 0 saturated heterocycles. The number of carbonyl (C=O) groups is 1. The first kappa shape index (κ1) is 19.1. The summed E-state index contributed by atoms with van der Waals surface area (Å²) < 4.78 is 7.50. The van der Waals surface area contributed by atoms with Crippen LogP contribution >= 0.6 is 0 Å². The Morgan fingerprint density at radius 1 is 1.17 bits per heavy atom. The smallest absolute Gasteiger partial charge is 0.260 e. The van der Waals surface area contributed by atoms with Crippen LogP contribution < -0.4 is 15.6 Å². The fourth-order valence-electron chi connectivity index (χ4n) is 3.72. The van der Waals surface area contributed by atoms with Gasteiger partial charge in [-0.1, -0.05) is 0 Å². The first-order valence-corrected chi connectivity index (χ1v) is 9.86. The summed E-state index contributed by atoms with van der Waals surface area (Å²) in [4.78, 5) is 33.3. The van der Waals surface area contributed by atoms with E-state index in [4.69, 9.17) is 4.74 Å². The Kier molecular flexibility index (Phi) is 5.29. The van der Waals surface area contributed by atoms with Gasteiger partial charge in [0, 0.05) is 24.8 Å². The molecule has 3 aromatic rings. The topological polar surface area (TPSA) is 86.1 Å². The Labute approximate surface area is 168 Å². The second kappa shape index (κ2) is 8.03. The van der Waals surface area contributed by atoms with Gasteiger partial charge in [-0.2, -0.15) is 0 Å². The number of nitrogens with one attached hydrogen (secondary N) is 1. The number of ether oxygens (including phenoxy) is 1. The Morgan fingerprint density at radius 3 is 2.72 bits per heavy atom. The number of hydrogen-bond donors (Lipinski definition) is 1. The van der Waals surface area contributed by atoms with Crippen molar-refractivity contribution in [1.82, 2.24) is 19.9 Å². The number of aromatic nitrogens is 3. The van der Waals surface area contributed by atoms with Crippen molar-refractivity contribution in [2.24, 2.45) is 7.05 Å². The molecule has 4 rings (SSSR count). The highest BCUT2D eigenvalue weighted by atomic mass is 16.5. The minimum atomic E-state index is -0.137. The van der Waals surface area contributed by atoms with E-state index >= 15 is 0 Å². The summed E-state index contributed by atoms with van der Waals surface area (Å²) in [5.74, 6) is 0.691. The molecule has 7 nitrogen and oxygen atoms in total. The van der Waals surface area contributed by atoms with E-state index in [-0.39, 0.29) is 23.6 Å². The van der Waals surface area contributed by atoms with Gasteiger partial charge >= 0.3 is 0 Å². The van der Waals surface area contributed by atoms with Crippen molar-refractivity contribution >= 4 is 16.8 Å². The third-order valence-electron chi connectivity index (χ3n) is 5.44. The van der Waals surface area contributed by atoms with Crippen LogP contribution in [0.5, 0.6) is 5.75 Å². The van der Waals surface area contributed by atoms with E-state index in [0.29, 0.717) is 16.5 Å². The van der Waals surface area contributed by atoms with E-state index < -0.39 is 0 Å². The molecule has 0 unspecified atom stereocenters. The van der Waals surface area contributed by atoms with Gasteiger partial charge in [0.1, 0.15) is 5.75 Å². The van der Waals surface area contributed by atoms with Gasteiger partial charge in [0.05, 0.1) is 29.0 Å². The second-order valence-electron chi connectivity index (χ2n) is 7.54. The average Bonchev–Trinajstić information content (AvgIpc) is 2.73. The highest BCUT2D eigenvalue weighted by Gasteiger charge is 2.24. The zero-order valence-corrected chi connectivity index (χ0v) is 16.6. The van der Waals surface area contributed by atoms with E-state index in [2.05, 4.69) is 15.3 Å². The number of rotatable bonds is 4. The van der Waals surface area contributed by atoms with E-state index in [0.717, 1.165) is 37.1 Å². The molecule has 1 aliphatic rings. The summed E-state index contributed by atoms with van der Waals surface area (Å²) in [7, 11) is 1.66. The van der Waals surface area contributed by atoms with E-state index in [9.17, 15) is 9.59 Å². The summed E-state index contributed by atoms with van der Waals surface area (Å²) in [5, 5.41) is 3.61. The van der Waals surface area contributed by atoms with Crippen molar-refractivity contribution in [2.75, 3.05) is 0 Å². The van der Waals surface area contributed by atoms with Crippen molar-refractivity contribution in [1.29, 1.82) is 0 Å². The molecule has 0 aliphatic heterocycles. The third-order valence-corrected chi connectivity index (χ3v) is 5.44. The van der Waals surface area contributed by atoms with Crippen LogP contribution in [-0.2, 0) is 7.05 Å². The fourth-order valence-corrected chi connectivity index (χ4v) is 3.72. The van der Waals surface area contributed by atoms with Crippen molar-refractivity contribution in [2.45, 2.75) is 44.8 Å². The molecule has 0 atom stereocenters. The number of fused-ring (bicyclic) bond motifs is 1. The van der Waals surface area contributed by atoms with Gasteiger partial charge in [-0.25, -0.2) is 4.98 Å². The molecule has 1 aromatic carbocycles. The first-order valence-electron chi connectivity index (χ1n) is 9.86. The number of benzene rings is 1. The predicted octanol–water partition coefficient (Wildman–Crippen LogP) is 2.76. The Morgan fingerprint density at radius 2 is 1.97 bits per heavy atom. The van der Waals surface area contributed by atoms with Crippen LogP contribution in [0.1, 0.15) is 41.7 Å². The molecule has 7 heteroatoms. The van der Waals surface area contributed by atoms with Crippen LogP contribution in [0.25, 0.3) is 10.9 Å². The maximum absolute atomic E-state index is 12.7. The van der Waals surface area contributed by atoms with E-state index in [1.54, 1.807) is 31.4 Å². The van der Waals surface area contributed by atoms with Gasteiger partial charge in [0.2, 0.25) is 0 Å². The molecule has 1 N–H and O–H groups in total. The lowest BCUT2D eigenvalue weighted by Crippen LogP contribution is -2.39. The highest BCUT2D eigenvalue weighted by molar-refractivity contribution is 5.97. The third kappa shape index (κ3) is 4.13. The molecule has 1 aliphatic carbocycles. The van der Waals surface area contributed by atoms with Gasteiger partial charge in [-0.3, -0.25) is 14.6 Å². The summed E-state index contributed by atoms with van der Waals surface area (Å²) in [6.45, 7) is 1.94. The largest absolute Gasteiger partial charge is 0.489 e. The number of nitrogens with zero attached hydrogens (tertiary/aromatic N) is 3. The number of aryl methyl sites for hydroxylation is 2. The Hall–Kier alpha value is -3.22. The average molecular weight is 392 g/mol. The van der Waals surface area contributed by atoms with Gasteiger partial charge in [0.15, 0.2) is 0 Å². The fraction of sp³-hybridized carbons (Fsp3) is 0.364. The standard InChI is InChI=1S/C22H24N4O3/c1-14-20(4-3-11-23-14)29-17-8-6-16(7-9-17)25-21(27)15-5-10-18-19(12-15)24-13-26(2)22(18)28/h3-5,10-13,16-17H,6-9H2,1-2H3,(H,25,27). The van der Waals surface area contributed by atoms with Crippen molar-refractivity contribution in [3.05, 3.63) is 64.5 Å². The second-order valence-corrected chi connectivity index (χ2v) is 7.54. The van der Waals surface area contributed by atoms with Crippen molar-refractivity contribution in [3.8, 4) is 5.75 Å². The zero-order chi connectivity index (χ0) is 20.4. The minimum absolute atomic E-state index is 0.115. The minimum Gasteiger partial charge on any atom is -0.489 e. The Bertz CT molecular complexity index is 1100. The molecular weight excluding hydrogens is 368 g/mol. The van der Waals surface area contributed by atoms with Crippen LogP contribution in [0.15, 0.2) is 47.7 Å². The SMILES string of the molecule is Cc1ncccc1OC1CCC(NC(=O)c2ccc3c(=O)n(C)cnc3c2)CC1. The monoisotopic (exact) mass is 392 g/mol. The number of pyridine rings is 1. The van der Waals surface area contributed by atoms with Gasteiger partial charge in [-0.15, -0.1) is 0 Å². The van der Waals surface area contributed by atoms with Crippen molar-refractivity contribution in [3.63, 3.8) is 0 Å². The maximum Gasteiger partial charge on any atom is 0.260 e. The van der Waals surface area contributed by atoms with E-state index in [1.165, 1.54) is 10.9 Å². The van der Waals surface area contributed by atoms with Crippen LogP contribution in [0.2, 0.25) is 0 Å². The van der Waals surface area contributed by atoms with Gasteiger partial charge in [-0.05, 0) is 62.9 Å². The van der Waals surface area contributed by atoms with Crippen molar-refractivity contribution < 1.29 is 9.53 Å². The van der Waals surface area contributed by atoms with Gasteiger partial charge in [0.25, 0.3) is 11.5 Å². The molecule has 1 amide bonds. The van der Waals surface area contributed by atoms with Crippen LogP contribution in [0.3, 0.4) is 0 Å². The predicted molar refractivity (Wildman–Crippen MR) is 110 cm³/mol. The molecule has 2 aromatic heterocycles. The summed E-state index contributed by atoms with van der Waals surface area (Å²) >= 11 is 0. The number of carbonyl (C=O) groups excluding carboxylic acids is 1. The molecule has 29 heavy (non-hydrogen) atoms. The summed E-state index contributed by atoms with van der Waals surface area (Å²) in [6, 6.07) is 8.96. The first-order chi connectivity index (χ1) is 14.0. The summed E-state index contributed by atoms with van der Waals surface area (Å²) in [6.07, 6.45) is 6.87. The van der Waals surface area contributed by atoms with Crippen LogP contribution in [0.4, 0.5) is 0 Å². The van der Waals surface area contributed by atoms with Gasteiger partial charge < -0.3 is 14.6 Å². The lowest BCUT2D eigenvalue weighted by molar-refractivity contribution is 0.0893. The molecule has 1 saturated carbocycles. The number of hydrogen-bond acceptors (Lipinski definition) is 5. The molecule has 0 radical (unpaired) electrons. The molecule has 0 bridgehead atoms. The molecule has 150 valence electrons. The van der Waals surface area contributed by atoms with E-state index in [1.807, 2.05) is 19.1 Å². The number of amides is 1. The molecular formula is C22H24N4O3. The lowest BCUT2D eigenvalue weighted by atomic mass is 9.92.